The molecule has 2 heterocycles. The van der Waals surface area contributed by atoms with Crippen molar-refractivity contribution in [3.63, 3.8) is 0 Å². The number of piperazine rings is 1. The fourth-order valence-corrected chi connectivity index (χ4v) is 8.99. The van der Waals surface area contributed by atoms with Gasteiger partial charge in [0, 0.05) is 96.7 Å². The van der Waals surface area contributed by atoms with Gasteiger partial charge in [-0.05, 0) is 62.8 Å². The van der Waals surface area contributed by atoms with Gasteiger partial charge in [-0.1, -0.05) is 50.7 Å². The van der Waals surface area contributed by atoms with Crippen molar-refractivity contribution in [2.45, 2.75) is 95.6 Å². The number of aliphatic imine (C=N–C) groups is 1. The summed E-state index contributed by atoms with van der Waals surface area (Å²) in [5.74, 6) is -6.79. The number of carbonyl (C=O) groups excluding carboxylic acids is 2. The van der Waals surface area contributed by atoms with E-state index < -0.39 is 60.5 Å². The van der Waals surface area contributed by atoms with Crippen molar-refractivity contribution in [3.8, 4) is 0 Å². The molecule has 2 atom stereocenters. The maximum atomic E-state index is 12.2. The van der Waals surface area contributed by atoms with Gasteiger partial charge in [-0.25, -0.2) is 9.59 Å². The predicted molar refractivity (Wildman–Crippen MR) is 280 cm³/mol. The zero-order valence-corrected chi connectivity index (χ0v) is 43.5. The number of hydrogen-bond acceptors (Lipinski definition) is 14. The minimum atomic E-state index is -1.24. The van der Waals surface area contributed by atoms with Gasteiger partial charge in [0.2, 0.25) is 17.8 Å². The van der Waals surface area contributed by atoms with Gasteiger partial charge >= 0.3 is 41.8 Å². The average Bonchev–Trinajstić information content (AvgIpc) is 3.34. The van der Waals surface area contributed by atoms with Crippen LogP contribution >= 0.6 is 0 Å². The van der Waals surface area contributed by atoms with Crippen molar-refractivity contribution >= 4 is 65.4 Å². The Morgan fingerprint density at radius 2 is 1.13 bits per heavy atom. The number of benzene rings is 1. The van der Waals surface area contributed by atoms with Crippen molar-refractivity contribution in [2.75, 3.05) is 123 Å². The number of nitrogens with two attached hydrogens (primary N) is 1. The molecule has 76 heavy (non-hydrogen) atoms. The molecule has 3 amide bonds. The first-order valence-corrected chi connectivity index (χ1v) is 26.1. The Labute approximate surface area is 443 Å². The molecular formula is C49H81N13O14. The lowest BCUT2D eigenvalue weighted by atomic mass is 10.0. The van der Waals surface area contributed by atoms with Crippen LogP contribution in [0.4, 0.5) is 10.5 Å². The van der Waals surface area contributed by atoms with Crippen LogP contribution in [0.25, 0.3) is 0 Å². The SMILES string of the molecule is N=C(/N=C(\N)Nc1ccc(CC2CN(CC(=O)O)CCN(CC(=O)O)CCN(CC(=O)O)CCN2CC(=O)O)cc1)N1CCN(CCCCCCCCCCC(=O)NCCCC[C@H](NC(=O)NCC(=O)O)C(=O)O)CC1. The molecule has 2 aliphatic heterocycles. The Balaban J connectivity index is 1.36. The van der Waals surface area contributed by atoms with E-state index in [0.717, 1.165) is 76.6 Å². The summed E-state index contributed by atoms with van der Waals surface area (Å²) in [5, 5.41) is 75.4. The fraction of sp³-hybridized carbons (Fsp3) is 0.673. The molecular weight excluding hydrogens is 995 g/mol. The average molecular weight is 1080 g/mol. The number of amides is 3. The van der Waals surface area contributed by atoms with E-state index in [-0.39, 0.29) is 96.2 Å². The van der Waals surface area contributed by atoms with Gasteiger partial charge in [0.05, 0.1) is 26.2 Å². The normalized spacial score (nSPS) is 17.3. The highest BCUT2D eigenvalue weighted by Gasteiger charge is 2.28. The van der Waals surface area contributed by atoms with Crippen LogP contribution in [0.2, 0.25) is 0 Å². The molecule has 0 aromatic heterocycles. The van der Waals surface area contributed by atoms with E-state index in [2.05, 4.69) is 31.2 Å². The van der Waals surface area contributed by atoms with Gasteiger partial charge in [0.15, 0.2) is 0 Å². The maximum absolute atomic E-state index is 12.2. The van der Waals surface area contributed by atoms with Crippen LogP contribution in [0, 0.1) is 5.41 Å². The number of guanidine groups is 2. The molecule has 1 unspecified atom stereocenters. The van der Waals surface area contributed by atoms with Crippen molar-refractivity contribution in [3.05, 3.63) is 29.8 Å². The maximum Gasteiger partial charge on any atom is 0.326 e. The number of unbranched alkanes of at least 4 members (excludes halogenated alkanes) is 8. The fourth-order valence-electron chi connectivity index (χ4n) is 8.99. The summed E-state index contributed by atoms with van der Waals surface area (Å²) in [7, 11) is 0. The van der Waals surface area contributed by atoms with E-state index >= 15 is 0 Å². The molecule has 1 aromatic rings. The van der Waals surface area contributed by atoms with Crippen LogP contribution in [-0.4, -0.2) is 250 Å². The lowest BCUT2D eigenvalue weighted by Crippen LogP contribution is -2.53. The molecule has 0 radical (unpaired) electrons. The molecule has 0 aliphatic carbocycles. The van der Waals surface area contributed by atoms with Crippen LogP contribution in [0.15, 0.2) is 29.3 Å². The molecule has 0 saturated carbocycles. The lowest BCUT2D eigenvalue weighted by Gasteiger charge is -2.37. The summed E-state index contributed by atoms with van der Waals surface area (Å²) in [5.41, 5.74) is 7.64. The summed E-state index contributed by atoms with van der Waals surface area (Å²) in [4.78, 5) is 108. The number of carboxylic acid groups (broad SMARTS) is 6. The third kappa shape index (κ3) is 28.3. The first-order valence-electron chi connectivity index (χ1n) is 26.1. The molecule has 0 spiro atoms. The number of nitrogens with zero attached hydrogens (tertiary/aromatic N) is 7. The van der Waals surface area contributed by atoms with Gasteiger partial charge in [-0.3, -0.25) is 58.7 Å². The summed E-state index contributed by atoms with van der Waals surface area (Å²) in [6.07, 6.45) is 10.2. The van der Waals surface area contributed by atoms with E-state index in [4.69, 9.17) is 16.2 Å². The van der Waals surface area contributed by atoms with Crippen LogP contribution in [-0.2, 0) is 40.0 Å². The number of carbonyl (C=O) groups is 8. The van der Waals surface area contributed by atoms with E-state index in [1.165, 1.54) is 0 Å². The number of nitrogens with one attached hydrogen (secondary N) is 5. The quantitative estimate of drug-likeness (QED) is 0.0266. The zero-order valence-electron chi connectivity index (χ0n) is 43.5. The van der Waals surface area contributed by atoms with Crippen LogP contribution in [0.3, 0.4) is 0 Å². The number of rotatable bonds is 31. The van der Waals surface area contributed by atoms with E-state index in [9.17, 15) is 63.9 Å². The van der Waals surface area contributed by atoms with E-state index in [0.29, 0.717) is 51.0 Å². The number of urea groups is 1. The van der Waals surface area contributed by atoms with Crippen LogP contribution in [0.5, 0.6) is 0 Å². The molecule has 27 nitrogen and oxygen atoms in total. The second kappa shape index (κ2) is 35.6. The summed E-state index contributed by atoms with van der Waals surface area (Å²) < 4.78 is 0. The number of hydrogen-bond donors (Lipinski definition) is 12. The highest BCUT2D eigenvalue weighted by atomic mass is 16.4. The standard InChI is InChI=1S/C49H81N13O14/c50-47(54-37-15-13-36(14-16-37)29-38-31-60(34-44(70)71)22-21-58(32-42(66)67)19-20-59(33-43(68)69)25-28-62(38)35-45(72)73)56-48(51)61-26-23-57(24-27-61)18-10-6-4-2-1-3-5-7-12-40(63)52-17-9-8-11-39(46(74)75)55-49(76)53-30-41(64)65/h13-16,38-39H,1-12,17-35H2,(H,52,63)(H,64,65)(H,66,67)(H,68,69)(H,70,71)(H,72,73)(H,74,75)(H2,53,55,76)(H4,50,51,54,56)/t38?,39-/m0/s1. The van der Waals surface area contributed by atoms with Crippen LogP contribution < -0.4 is 27.0 Å². The molecule has 27 heteroatoms. The highest BCUT2D eigenvalue weighted by molar-refractivity contribution is 6.00. The summed E-state index contributed by atoms with van der Waals surface area (Å²) >= 11 is 0. The topological polar surface area (TPSA) is 388 Å². The second-order valence-electron chi connectivity index (χ2n) is 19.2. The number of aliphatic carboxylic acids is 6. The Bertz CT molecular complexity index is 2060. The number of anilines is 1. The molecule has 426 valence electrons. The molecule has 3 rings (SSSR count). The van der Waals surface area contributed by atoms with Gasteiger partial charge < -0.3 is 62.5 Å². The monoisotopic (exact) mass is 1080 g/mol. The van der Waals surface area contributed by atoms with Gasteiger partial charge in [0.25, 0.3) is 0 Å². The third-order valence-corrected chi connectivity index (χ3v) is 13.0. The Hall–Kier alpha value is -6.68. The van der Waals surface area contributed by atoms with Crippen molar-refractivity contribution in [2.24, 2.45) is 10.7 Å². The third-order valence-electron chi connectivity index (χ3n) is 13.0. The van der Waals surface area contributed by atoms with E-state index in [1.54, 1.807) is 31.7 Å². The molecule has 1 aromatic carbocycles. The van der Waals surface area contributed by atoms with Crippen molar-refractivity contribution in [1.29, 1.82) is 5.41 Å². The number of carboxylic acids is 6. The summed E-state index contributed by atoms with van der Waals surface area (Å²) in [6.45, 7) is 3.56. The minimum absolute atomic E-state index is 0.0291. The Kier molecular flexibility index (Phi) is 29.8. The Morgan fingerprint density at radius 1 is 0.605 bits per heavy atom. The molecule has 0 bridgehead atoms. The lowest BCUT2D eigenvalue weighted by molar-refractivity contribution is -0.142. The Morgan fingerprint density at radius 3 is 1.70 bits per heavy atom. The molecule has 2 saturated heterocycles. The predicted octanol–water partition coefficient (Wildman–Crippen LogP) is 0.0711. The smallest absolute Gasteiger partial charge is 0.326 e. The molecule has 13 N–H and O–H groups in total. The highest BCUT2D eigenvalue weighted by Crippen LogP contribution is 2.17. The van der Waals surface area contributed by atoms with Gasteiger partial charge in [-0.15, -0.1) is 0 Å². The van der Waals surface area contributed by atoms with Crippen molar-refractivity contribution < 1.29 is 69.0 Å². The first-order chi connectivity index (χ1) is 36.3. The van der Waals surface area contributed by atoms with Gasteiger partial charge in [0.1, 0.15) is 12.6 Å². The van der Waals surface area contributed by atoms with Crippen LogP contribution in [0.1, 0.15) is 82.6 Å². The summed E-state index contributed by atoms with van der Waals surface area (Å²) in [6, 6.07) is 4.65. The van der Waals surface area contributed by atoms with E-state index in [1.807, 2.05) is 17.0 Å². The zero-order chi connectivity index (χ0) is 55.8. The second-order valence-corrected chi connectivity index (χ2v) is 19.2. The van der Waals surface area contributed by atoms with Crippen molar-refractivity contribution in [1.82, 2.24) is 45.3 Å². The van der Waals surface area contributed by atoms with Gasteiger partial charge in [-0.2, -0.15) is 4.99 Å². The molecule has 2 fully saturated rings. The minimum Gasteiger partial charge on any atom is -0.480 e. The molecule has 2 aliphatic rings. The largest absolute Gasteiger partial charge is 0.480 e. The first kappa shape index (κ1) is 63.6.